The van der Waals surface area contributed by atoms with Crippen LogP contribution in [0.2, 0.25) is 0 Å². The normalized spacial score (nSPS) is 19.1. The van der Waals surface area contributed by atoms with E-state index in [0.29, 0.717) is 11.8 Å². The van der Waals surface area contributed by atoms with E-state index in [-0.39, 0.29) is 5.91 Å². The van der Waals surface area contributed by atoms with Crippen LogP contribution in [0, 0.1) is 5.92 Å². The zero-order chi connectivity index (χ0) is 27.1. The molecular weight excluding hydrogens is 490 g/mol. The molecule has 210 valence electrons. The number of fused-ring (bicyclic) bond motifs is 1. The molecule has 0 spiro atoms. The first-order valence-corrected chi connectivity index (χ1v) is 15.7. The Kier molecular flexibility index (Phi) is 8.83. The second-order valence-corrected chi connectivity index (χ2v) is 12.2. The predicted molar refractivity (Wildman–Crippen MR) is 165 cm³/mol. The van der Waals surface area contributed by atoms with E-state index in [1.54, 1.807) is 0 Å². The van der Waals surface area contributed by atoms with Gasteiger partial charge >= 0.3 is 0 Å². The molecule has 4 heteroatoms. The summed E-state index contributed by atoms with van der Waals surface area (Å²) in [6.07, 6.45) is 10.1. The van der Waals surface area contributed by atoms with E-state index in [2.05, 4.69) is 93.6 Å². The molecule has 0 N–H and O–H groups in total. The SMILES string of the molecule is O=C1c2cc(N3CCN(CCC(c4ccccc4)c4ccccc4)CC3)ccc2CCN1CC1CCCCCC1. The lowest BCUT2D eigenvalue weighted by atomic mass is 9.88. The van der Waals surface area contributed by atoms with Crippen molar-refractivity contribution in [2.24, 2.45) is 5.92 Å². The van der Waals surface area contributed by atoms with Crippen LogP contribution in [0.1, 0.15) is 77.9 Å². The van der Waals surface area contributed by atoms with E-state index >= 15 is 0 Å². The van der Waals surface area contributed by atoms with E-state index in [9.17, 15) is 4.79 Å². The average molecular weight is 536 g/mol. The Balaban J connectivity index is 1.06. The molecule has 2 aliphatic heterocycles. The first-order valence-electron chi connectivity index (χ1n) is 15.7. The molecule has 0 unspecified atom stereocenters. The number of hydrogen-bond acceptors (Lipinski definition) is 3. The van der Waals surface area contributed by atoms with Gasteiger partial charge in [-0.3, -0.25) is 9.69 Å². The lowest BCUT2D eigenvalue weighted by molar-refractivity contribution is 0.0705. The zero-order valence-electron chi connectivity index (χ0n) is 24.0. The summed E-state index contributed by atoms with van der Waals surface area (Å²) < 4.78 is 0. The number of carbonyl (C=O) groups excluding carboxylic acids is 1. The minimum absolute atomic E-state index is 0.263. The van der Waals surface area contributed by atoms with Crippen LogP contribution in [0.15, 0.2) is 78.9 Å². The van der Waals surface area contributed by atoms with Crippen LogP contribution in [0.3, 0.4) is 0 Å². The molecule has 0 aromatic heterocycles. The van der Waals surface area contributed by atoms with Gasteiger partial charge in [-0.05, 0) is 67.0 Å². The molecule has 40 heavy (non-hydrogen) atoms. The minimum Gasteiger partial charge on any atom is -0.369 e. The van der Waals surface area contributed by atoms with E-state index in [0.717, 1.165) is 64.2 Å². The molecule has 0 radical (unpaired) electrons. The number of anilines is 1. The van der Waals surface area contributed by atoms with E-state index in [1.807, 2.05) is 0 Å². The molecule has 3 aromatic rings. The molecule has 0 atom stereocenters. The van der Waals surface area contributed by atoms with Gasteiger partial charge in [-0.25, -0.2) is 0 Å². The first kappa shape index (κ1) is 27.1. The highest BCUT2D eigenvalue weighted by Gasteiger charge is 2.28. The topological polar surface area (TPSA) is 26.8 Å². The maximum absolute atomic E-state index is 13.5. The molecular formula is C36H45N3O. The summed E-state index contributed by atoms with van der Waals surface area (Å²) in [5.41, 5.74) is 6.21. The van der Waals surface area contributed by atoms with E-state index in [1.165, 1.54) is 60.9 Å². The van der Waals surface area contributed by atoms with Crippen molar-refractivity contribution >= 4 is 11.6 Å². The number of nitrogens with zero attached hydrogens (tertiary/aromatic N) is 3. The first-order chi connectivity index (χ1) is 19.7. The molecule has 1 amide bonds. The minimum atomic E-state index is 0.263. The van der Waals surface area contributed by atoms with Gasteiger partial charge in [0, 0.05) is 56.4 Å². The average Bonchev–Trinajstić information content (AvgIpc) is 3.29. The molecule has 0 bridgehead atoms. The van der Waals surface area contributed by atoms with Gasteiger partial charge < -0.3 is 9.80 Å². The van der Waals surface area contributed by atoms with Crippen LogP contribution in [0.25, 0.3) is 0 Å². The Hall–Kier alpha value is -3.11. The molecule has 3 aliphatic rings. The van der Waals surface area contributed by atoms with Gasteiger partial charge in [0.1, 0.15) is 0 Å². The van der Waals surface area contributed by atoms with Crippen molar-refractivity contribution in [3.8, 4) is 0 Å². The summed E-state index contributed by atoms with van der Waals surface area (Å²) in [4.78, 5) is 20.8. The summed E-state index contributed by atoms with van der Waals surface area (Å²) in [7, 11) is 0. The number of hydrogen-bond donors (Lipinski definition) is 0. The third-order valence-corrected chi connectivity index (χ3v) is 9.59. The third-order valence-electron chi connectivity index (χ3n) is 9.59. The van der Waals surface area contributed by atoms with Gasteiger partial charge in [0.2, 0.25) is 0 Å². The van der Waals surface area contributed by atoms with Crippen molar-refractivity contribution in [3.63, 3.8) is 0 Å². The van der Waals surface area contributed by atoms with Gasteiger partial charge in [0.15, 0.2) is 0 Å². The molecule has 3 aromatic carbocycles. The van der Waals surface area contributed by atoms with Crippen molar-refractivity contribution in [2.75, 3.05) is 50.7 Å². The van der Waals surface area contributed by atoms with Crippen LogP contribution in [0.4, 0.5) is 5.69 Å². The molecule has 4 nitrogen and oxygen atoms in total. The van der Waals surface area contributed by atoms with E-state index in [4.69, 9.17) is 0 Å². The van der Waals surface area contributed by atoms with Crippen molar-refractivity contribution in [2.45, 2.75) is 57.3 Å². The largest absolute Gasteiger partial charge is 0.369 e. The Morgan fingerprint density at radius 2 is 1.38 bits per heavy atom. The van der Waals surface area contributed by atoms with Gasteiger partial charge in [0.05, 0.1) is 0 Å². The lowest BCUT2D eigenvalue weighted by Gasteiger charge is -2.37. The summed E-state index contributed by atoms with van der Waals surface area (Å²) in [6.45, 7) is 7.09. The Labute approximate surface area is 241 Å². The van der Waals surface area contributed by atoms with Crippen LogP contribution in [0.5, 0.6) is 0 Å². The van der Waals surface area contributed by atoms with Crippen LogP contribution >= 0.6 is 0 Å². The number of amides is 1. The highest BCUT2D eigenvalue weighted by Crippen LogP contribution is 2.30. The molecule has 1 saturated carbocycles. The lowest BCUT2D eigenvalue weighted by Crippen LogP contribution is -2.47. The van der Waals surface area contributed by atoms with Crippen molar-refractivity contribution < 1.29 is 4.79 Å². The summed E-state index contributed by atoms with van der Waals surface area (Å²) in [6, 6.07) is 28.6. The van der Waals surface area contributed by atoms with Gasteiger partial charge in [-0.2, -0.15) is 0 Å². The van der Waals surface area contributed by atoms with Crippen molar-refractivity contribution in [1.29, 1.82) is 0 Å². The molecule has 2 heterocycles. The fraction of sp³-hybridized carbons (Fsp3) is 0.472. The Bertz CT molecular complexity index is 1190. The van der Waals surface area contributed by atoms with Gasteiger partial charge in [0.25, 0.3) is 5.91 Å². The monoisotopic (exact) mass is 535 g/mol. The Morgan fingerprint density at radius 3 is 2.02 bits per heavy atom. The summed E-state index contributed by atoms with van der Waals surface area (Å²) in [5, 5.41) is 0. The van der Waals surface area contributed by atoms with E-state index < -0.39 is 0 Å². The molecule has 1 aliphatic carbocycles. The molecule has 6 rings (SSSR count). The maximum atomic E-state index is 13.5. The third kappa shape index (κ3) is 6.44. The number of carbonyl (C=O) groups is 1. The van der Waals surface area contributed by atoms with Gasteiger partial charge in [-0.1, -0.05) is 92.4 Å². The maximum Gasteiger partial charge on any atom is 0.254 e. The van der Waals surface area contributed by atoms with Crippen LogP contribution in [-0.4, -0.2) is 61.5 Å². The molecule has 2 fully saturated rings. The second-order valence-electron chi connectivity index (χ2n) is 12.2. The number of benzene rings is 3. The highest BCUT2D eigenvalue weighted by molar-refractivity contribution is 5.97. The van der Waals surface area contributed by atoms with Crippen LogP contribution in [-0.2, 0) is 6.42 Å². The zero-order valence-corrected chi connectivity index (χ0v) is 24.0. The highest BCUT2D eigenvalue weighted by atomic mass is 16.2. The number of rotatable bonds is 8. The fourth-order valence-electron chi connectivity index (χ4n) is 7.18. The summed E-state index contributed by atoms with van der Waals surface area (Å²) in [5.74, 6) is 1.37. The van der Waals surface area contributed by atoms with Gasteiger partial charge in [-0.15, -0.1) is 0 Å². The fourth-order valence-corrected chi connectivity index (χ4v) is 7.18. The van der Waals surface area contributed by atoms with Crippen LogP contribution < -0.4 is 4.90 Å². The predicted octanol–water partition coefficient (Wildman–Crippen LogP) is 7.00. The second kappa shape index (κ2) is 13.0. The molecule has 1 saturated heterocycles. The Morgan fingerprint density at radius 1 is 0.725 bits per heavy atom. The standard InChI is InChI=1S/C36H45N3O/c40-36-35-27-33(18-17-32(35)19-22-39(36)28-29-11-5-1-2-6-12-29)38-25-23-37(24-26-38)21-20-34(30-13-7-3-8-14-30)31-15-9-4-10-16-31/h3-4,7-10,13-18,27,29,34H,1-2,5-6,11-12,19-26,28H2. The quantitative estimate of drug-likeness (QED) is 0.291. The van der Waals surface area contributed by atoms with Crippen molar-refractivity contribution in [3.05, 3.63) is 101 Å². The number of piperazine rings is 1. The van der Waals surface area contributed by atoms with Crippen molar-refractivity contribution in [1.82, 2.24) is 9.80 Å². The smallest absolute Gasteiger partial charge is 0.254 e. The summed E-state index contributed by atoms with van der Waals surface area (Å²) >= 11 is 0.